The highest BCUT2D eigenvalue weighted by atomic mass is 32.2. The van der Waals surface area contributed by atoms with Crippen LogP contribution in [-0.2, 0) is 14.8 Å². The molecule has 0 spiro atoms. The fourth-order valence-electron chi connectivity index (χ4n) is 4.74. The number of nitrogens with zero attached hydrogens (tertiary/aromatic N) is 4. The molecule has 9 heteroatoms. The summed E-state index contributed by atoms with van der Waals surface area (Å²) in [4.78, 5) is 31.2. The van der Waals surface area contributed by atoms with Crippen LogP contribution in [0.2, 0.25) is 0 Å². The zero-order chi connectivity index (χ0) is 24.0. The van der Waals surface area contributed by atoms with Gasteiger partial charge in [0.2, 0.25) is 15.9 Å². The molecule has 33 heavy (non-hydrogen) atoms. The lowest BCUT2D eigenvalue weighted by molar-refractivity contribution is -0.132. The summed E-state index contributed by atoms with van der Waals surface area (Å²) in [5.74, 6) is 0.0177. The van der Waals surface area contributed by atoms with Crippen LogP contribution in [0.15, 0.2) is 29.2 Å². The number of amides is 2. The van der Waals surface area contributed by atoms with Crippen LogP contribution in [-0.4, -0.2) is 98.1 Å². The lowest BCUT2D eigenvalue weighted by Gasteiger charge is -2.35. The first-order chi connectivity index (χ1) is 15.8. The first-order valence-electron chi connectivity index (χ1n) is 12.2. The molecule has 2 fully saturated rings. The van der Waals surface area contributed by atoms with Crippen LogP contribution in [0.25, 0.3) is 0 Å². The van der Waals surface area contributed by atoms with Crippen molar-refractivity contribution in [2.75, 3.05) is 52.9 Å². The summed E-state index contributed by atoms with van der Waals surface area (Å²) < 4.78 is 27.5. The Morgan fingerprint density at radius 2 is 1.52 bits per heavy atom. The van der Waals surface area contributed by atoms with Gasteiger partial charge in [-0.25, -0.2) is 8.42 Å². The van der Waals surface area contributed by atoms with Crippen molar-refractivity contribution in [3.63, 3.8) is 0 Å². The van der Waals surface area contributed by atoms with Gasteiger partial charge in [0.05, 0.1) is 11.4 Å². The third kappa shape index (κ3) is 6.13. The van der Waals surface area contributed by atoms with E-state index in [1.807, 2.05) is 18.7 Å². The summed E-state index contributed by atoms with van der Waals surface area (Å²) in [7, 11) is -1.91. The summed E-state index contributed by atoms with van der Waals surface area (Å²) >= 11 is 0. The van der Waals surface area contributed by atoms with Gasteiger partial charge in [-0.1, -0.05) is 19.3 Å². The van der Waals surface area contributed by atoms with E-state index < -0.39 is 10.0 Å². The number of carbonyl (C=O) groups is 2. The van der Waals surface area contributed by atoms with Crippen molar-refractivity contribution >= 4 is 21.8 Å². The Labute approximate surface area is 198 Å². The zero-order valence-corrected chi connectivity index (χ0v) is 21.0. The summed E-state index contributed by atoms with van der Waals surface area (Å²) in [5, 5.41) is 0. The summed E-state index contributed by atoms with van der Waals surface area (Å²) in [6, 6.07) is 6.36. The standard InChI is InChI=1S/C24H38N4O4S/c1-4-27(5-2)23(29)19-26-15-17-28(18-16-26)24(30)20-11-13-22(14-12-20)33(31,32)25(3)21-9-7-6-8-10-21/h11-14,21H,4-10,15-19H2,1-3H3. The van der Waals surface area contributed by atoms with E-state index in [1.54, 1.807) is 36.2 Å². The first-order valence-corrected chi connectivity index (χ1v) is 13.6. The van der Waals surface area contributed by atoms with Crippen LogP contribution in [0.4, 0.5) is 0 Å². The summed E-state index contributed by atoms with van der Waals surface area (Å²) in [6.45, 7) is 8.14. The molecule has 0 radical (unpaired) electrons. The third-order valence-electron chi connectivity index (χ3n) is 7.00. The topological polar surface area (TPSA) is 81.2 Å². The average molecular weight is 479 g/mol. The summed E-state index contributed by atoms with van der Waals surface area (Å²) in [5.41, 5.74) is 0.488. The maximum atomic E-state index is 13.0. The molecule has 0 unspecified atom stereocenters. The molecule has 2 aliphatic rings. The number of benzene rings is 1. The lowest BCUT2D eigenvalue weighted by atomic mass is 9.96. The third-order valence-corrected chi connectivity index (χ3v) is 8.93. The normalized spacial score (nSPS) is 18.5. The Balaban J connectivity index is 1.57. The van der Waals surface area contributed by atoms with E-state index in [0.29, 0.717) is 51.4 Å². The highest BCUT2D eigenvalue weighted by Gasteiger charge is 2.30. The summed E-state index contributed by atoms with van der Waals surface area (Å²) in [6.07, 6.45) is 5.10. The quantitative estimate of drug-likeness (QED) is 0.573. The van der Waals surface area contributed by atoms with Gasteiger partial charge in [-0.15, -0.1) is 0 Å². The maximum absolute atomic E-state index is 13.0. The highest BCUT2D eigenvalue weighted by Crippen LogP contribution is 2.26. The van der Waals surface area contributed by atoms with Crippen molar-refractivity contribution in [2.45, 2.75) is 56.9 Å². The number of sulfonamides is 1. The van der Waals surface area contributed by atoms with Gasteiger partial charge in [0.15, 0.2) is 0 Å². The molecule has 0 bridgehead atoms. The largest absolute Gasteiger partial charge is 0.342 e. The Kier molecular flexibility index (Phi) is 8.89. The van der Waals surface area contributed by atoms with Gasteiger partial charge in [-0.2, -0.15) is 4.31 Å². The number of rotatable bonds is 8. The molecular weight excluding hydrogens is 440 g/mol. The average Bonchev–Trinajstić information content (AvgIpc) is 2.85. The molecule has 1 aromatic rings. The van der Waals surface area contributed by atoms with Gasteiger partial charge >= 0.3 is 0 Å². The van der Waals surface area contributed by atoms with Crippen LogP contribution >= 0.6 is 0 Å². The Morgan fingerprint density at radius 1 is 0.939 bits per heavy atom. The Morgan fingerprint density at radius 3 is 2.06 bits per heavy atom. The molecular formula is C24H38N4O4S. The SMILES string of the molecule is CCN(CC)C(=O)CN1CCN(C(=O)c2ccc(S(=O)(=O)N(C)C3CCCCC3)cc2)CC1. The van der Waals surface area contributed by atoms with E-state index in [9.17, 15) is 18.0 Å². The minimum Gasteiger partial charge on any atom is -0.342 e. The van der Waals surface area contributed by atoms with Crippen LogP contribution in [0, 0.1) is 0 Å². The van der Waals surface area contributed by atoms with E-state index in [-0.39, 0.29) is 22.8 Å². The van der Waals surface area contributed by atoms with E-state index >= 15 is 0 Å². The maximum Gasteiger partial charge on any atom is 0.253 e. The number of hydrogen-bond donors (Lipinski definition) is 0. The van der Waals surface area contributed by atoms with Gasteiger partial charge in [0.1, 0.15) is 0 Å². The van der Waals surface area contributed by atoms with Crippen LogP contribution < -0.4 is 0 Å². The molecule has 0 atom stereocenters. The van der Waals surface area contributed by atoms with Gasteiger partial charge in [0, 0.05) is 57.9 Å². The van der Waals surface area contributed by atoms with Crippen molar-refractivity contribution in [1.29, 1.82) is 0 Å². The minimum atomic E-state index is -3.57. The Hall–Kier alpha value is -1.97. The predicted octanol–water partition coefficient (Wildman–Crippen LogP) is 2.27. The minimum absolute atomic E-state index is 0.0509. The van der Waals surface area contributed by atoms with Gasteiger partial charge < -0.3 is 9.80 Å². The van der Waals surface area contributed by atoms with Crippen molar-refractivity contribution in [2.24, 2.45) is 0 Å². The molecule has 1 saturated carbocycles. The molecule has 1 saturated heterocycles. The van der Waals surface area contributed by atoms with Gasteiger partial charge in [-0.05, 0) is 51.0 Å². The fourth-order valence-corrected chi connectivity index (χ4v) is 6.15. The molecule has 0 aromatic heterocycles. The lowest BCUT2D eigenvalue weighted by Crippen LogP contribution is -2.51. The molecule has 1 aliphatic carbocycles. The fraction of sp³-hybridized carbons (Fsp3) is 0.667. The van der Waals surface area contributed by atoms with Crippen LogP contribution in [0.5, 0.6) is 0 Å². The van der Waals surface area contributed by atoms with Gasteiger partial charge in [0.25, 0.3) is 5.91 Å². The molecule has 184 valence electrons. The van der Waals surface area contributed by atoms with Crippen LogP contribution in [0.1, 0.15) is 56.3 Å². The monoisotopic (exact) mass is 478 g/mol. The van der Waals surface area contributed by atoms with Crippen LogP contribution in [0.3, 0.4) is 0 Å². The second kappa shape index (κ2) is 11.4. The molecule has 3 rings (SSSR count). The molecule has 8 nitrogen and oxygen atoms in total. The van der Waals surface area contributed by atoms with E-state index in [4.69, 9.17) is 0 Å². The second-order valence-electron chi connectivity index (χ2n) is 8.97. The predicted molar refractivity (Wildman–Crippen MR) is 129 cm³/mol. The van der Waals surface area contributed by atoms with E-state index in [1.165, 1.54) is 10.7 Å². The highest BCUT2D eigenvalue weighted by molar-refractivity contribution is 7.89. The van der Waals surface area contributed by atoms with Gasteiger partial charge in [-0.3, -0.25) is 14.5 Å². The number of hydrogen-bond acceptors (Lipinski definition) is 5. The zero-order valence-electron chi connectivity index (χ0n) is 20.2. The first kappa shape index (κ1) is 25.6. The van der Waals surface area contributed by atoms with Crippen molar-refractivity contribution < 1.29 is 18.0 Å². The second-order valence-corrected chi connectivity index (χ2v) is 11.0. The smallest absolute Gasteiger partial charge is 0.253 e. The van der Waals surface area contributed by atoms with E-state index in [2.05, 4.69) is 4.90 Å². The van der Waals surface area contributed by atoms with Crippen molar-refractivity contribution in [3.05, 3.63) is 29.8 Å². The van der Waals surface area contributed by atoms with E-state index in [0.717, 1.165) is 25.7 Å². The molecule has 2 amide bonds. The number of carbonyl (C=O) groups excluding carboxylic acids is 2. The molecule has 0 N–H and O–H groups in total. The van der Waals surface area contributed by atoms with Crippen molar-refractivity contribution in [3.8, 4) is 0 Å². The van der Waals surface area contributed by atoms with Crippen molar-refractivity contribution in [1.82, 2.24) is 19.0 Å². The molecule has 1 heterocycles. The number of piperazine rings is 1. The number of likely N-dealkylation sites (N-methyl/N-ethyl adjacent to an activating group) is 1. The molecule has 1 aromatic carbocycles. The Bertz CT molecular complexity index is 901. The molecule has 1 aliphatic heterocycles.